The molecular weight excluding hydrogens is 326 g/mol. The van der Waals surface area contributed by atoms with E-state index >= 15 is 0 Å². The van der Waals surface area contributed by atoms with Crippen LogP contribution in [0, 0.1) is 24.5 Å². The maximum Gasteiger partial charge on any atom is 0.272 e. The van der Waals surface area contributed by atoms with Crippen molar-refractivity contribution in [3.05, 3.63) is 47.4 Å². The third kappa shape index (κ3) is 3.92. The van der Waals surface area contributed by atoms with Crippen molar-refractivity contribution in [1.29, 1.82) is 0 Å². The van der Waals surface area contributed by atoms with E-state index in [4.69, 9.17) is 0 Å². The quantitative estimate of drug-likeness (QED) is 0.921. The lowest BCUT2D eigenvalue weighted by Crippen LogP contribution is -2.39. The number of carbonyl (C=O) groups is 1. The highest BCUT2D eigenvalue weighted by atomic mass is 19.1. The van der Waals surface area contributed by atoms with Gasteiger partial charge < -0.3 is 10.2 Å². The van der Waals surface area contributed by atoms with Crippen molar-refractivity contribution in [3.63, 3.8) is 0 Å². The van der Waals surface area contributed by atoms with E-state index in [1.54, 1.807) is 11.8 Å². The second kappa shape index (κ2) is 7.13. The summed E-state index contributed by atoms with van der Waals surface area (Å²) in [5, 5.41) is 2.62. The summed E-state index contributed by atoms with van der Waals surface area (Å²) in [6, 6.07) is 5.02. The minimum absolute atomic E-state index is 0.185. The van der Waals surface area contributed by atoms with E-state index in [9.17, 15) is 13.6 Å². The van der Waals surface area contributed by atoms with E-state index in [-0.39, 0.29) is 23.1 Å². The number of hydrogen-bond donors (Lipinski definition) is 1. The molecule has 7 heteroatoms. The Hall–Kier alpha value is -2.57. The molecule has 1 atom stereocenters. The van der Waals surface area contributed by atoms with Gasteiger partial charge in [0.15, 0.2) is 0 Å². The number of carbonyl (C=O) groups excluding carboxylic acids is 1. The molecule has 5 nitrogen and oxygen atoms in total. The Kier molecular flexibility index (Phi) is 4.92. The molecule has 25 heavy (non-hydrogen) atoms. The number of amides is 1. The highest BCUT2D eigenvalue weighted by Gasteiger charge is 2.24. The predicted molar refractivity (Wildman–Crippen MR) is 90.7 cm³/mol. The van der Waals surface area contributed by atoms with Crippen molar-refractivity contribution >= 4 is 17.4 Å². The predicted octanol–water partition coefficient (Wildman–Crippen LogP) is 3.68. The Morgan fingerprint density at radius 3 is 2.68 bits per heavy atom. The van der Waals surface area contributed by atoms with Crippen LogP contribution in [0.25, 0.3) is 0 Å². The second-order valence-electron chi connectivity index (χ2n) is 6.41. The molecule has 0 bridgehead atoms. The average Bonchev–Trinajstić information content (AvgIpc) is 2.57. The fraction of sp³-hybridized carbons (Fsp3) is 0.389. The Bertz CT molecular complexity index is 776. The van der Waals surface area contributed by atoms with Gasteiger partial charge in [0, 0.05) is 19.2 Å². The average molecular weight is 346 g/mol. The first-order chi connectivity index (χ1) is 11.9. The van der Waals surface area contributed by atoms with Gasteiger partial charge in [-0.1, -0.05) is 13.0 Å². The molecule has 0 radical (unpaired) electrons. The fourth-order valence-electron chi connectivity index (χ4n) is 3.02. The highest BCUT2D eigenvalue weighted by molar-refractivity contribution is 5.93. The molecule has 0 aliphatic carbocycles. The molecule has 1 aliphatic heterocycles. The van der Waals surface area contributed by atoms with Gasteiger partial charge in [-0.3, -0.25) is 4.79 Å². The number of para-hydroxylation sites is 1. The zero-order valence-electron chi connectivity index (χ0n) is 14.2. The third-order valence-electron chi connectivity index (χ3n) is 4.22. The summed E-state index contributed by atoms with van der Waals surface area (Å²) in [6.07, 6.45) is 2.06. The molecule has 132 valence electrons. The van der Waals surface area contributed by atoms with Gasteiger partial charge in [-0.2, -0.15) is 0 Å². The molecule has 2 aromatic rings. The number of benzene rings is 1. The van der Waals surface area contributed by atoms with Crippen LogP contribution in [0.4, 0.5) is 20.3 Å². The summed E-state index contributed by atoms with van der Waals surface area (Å²) in [5.74, 6) is -0.650. The summed E-state index contributed by atoms with van der Waals surface area (Å²) in [4.78, 5) is 22.8. The Labute approximate surface area is 145 Å². The number of aromatic nitrogens is 2. The molecule has 1 amide bonds. The van der Waals surface area contributed by atoms with Crippen LogP contribution in [-0.2, 0) is 0 Å². The van der Waals surface area contributed by atoms with Crippen molar-refractivity contribution in [1.82, 2.24) is 14.9 Å². The van der Waals surface area contributed by atoms with Gasteiger partial charge in [0.05, 0.1) is 0 Å². The number of hydrogen-bond acceptors (Lipinski definition) is 4. The summed E-state index contributed by atoms with van der Waals surface area (Å²) in [5.41, 5.74) is -0.0774. The molecule has 1 unspecified atom stereocenters. The van der Waals surface area contributed by atoms with E-state index in [0.717, 1.165) is 25.0 Å². The molecule has 1 fully saturated rings. The molecule has 0 spiro atoms. The first-order valence-electron chi connectivity index (χ1n) is 8.30. The van der Waals surface area contributed by atoms with Crippen molar-refractivity contribution in [2.45, 2.75) is 26.7 Å². The summed E-state index contributed by atoms with van der Waals surface area (Å²) < 4.78 is 27.6. The van der Waals surface area contributed by atoms with Crippen LogP contribution in [0.15, 0.2) is 24.3 Å². The Morgan fingerprint density at radius 1 is 1.28 bits per heavy atom. The lowest BCUT2D eigenvalue weighted by atomic mass is 10.00. The van der Waals surface area contributed by atoms with Gasteiger partial charge >= 0.3 is 0 Å². The number of likely N-dealkylation sites (tertiary alicyclic amines) is 1. The van der Waals surface area contributed by atoms with Gasteiger partial charge in [-0.15, -0.1) is 0 Å². The molecule has 1 aromatic carbocycles. The molecular formula is C18H20F2N4O. The largest absolute Gasteiger partial charge is 0.337 e. The van der Waals surface area contributed by atoms with Crippen molar-refractivity contribution in [2.75, 3.05) is 18.4 Å². The van der Waals surface area contributed by atoms with Crippen molar-refractivity contribution in [3.8, 4) is 0 Å². The van der Waals surface area contributed by atoms with Crippen LogP contribution in [-0.4, -0.2) is 33.9 Å². The van der Waals surface area contributed by atoms with Crippen LogP contribution in [0.3, 0.4) is 0 Å². The highest BCUT2D eigenvalue weighted by Crippen LogP contribution is 2.23. The standard InChI is InChI=1S/C18H20F2N4O/c1-11-5-4-8-24(10-11)18(25)15-9-16(22-12(2)21-15)23-17-13(19)6-3-7-14(17)20/h3,6-7,9,11H,4-5,8,10H2,1-2H3,(H,21,22,23). The van der Waals surface area contributed by atoms with E-state index in [0.29, 0.717) is 24.8 Å². The Balaban J connectivity index is 1.86. The third-order valence-corrected chi connectivity index (χ3v) is 4.22. The first-order valence-corrected chi connectivity index (χ1v) is 8.30. The maximum absolute atomic E-state index is 13.8. The lowest BCUT2D eigenvalue weighted by Gasteiger charge is -2.30. The molecule has 1 aromatic heterocycles. The van der Waals surface area contributed by atoms with Crippen molar-refractivity contribution < 1.29 is 13.6 Å². The monoisotopic (exact) mass is 346 g/mol. The van der Waals surface area contributed by atoms with Crippen LogP contribution in [0.5, 0.6) is 0 Å². The lowest BCUT2D eigenvalue weighted by molar-refractivity contribution is 0.0676. The minimum atomic E-state index is -0.728. The summed E-state index contributed by atoms with van der Waals surface area (Å²) >= 11 is 0. The van der Waals surface area contributed by atoms with E-state index < -0.39 is 11.6 Å². The van der Waals surface area contributed by atoms with Crippen LogP contribution in [0.2, 0.25) is 0 Å². The fourth-order valence-corrected chi connectivity index (χ4v) is 3.02. The normalized spacial score (nSPS) is 17.4. The molecule has 1 saturated heterocycles. The van der Waals surface area contributed by atoms with Crippen molar-refractivity contribution in [2.24, 2.45) is 5.92 Å². The number of nitrogens with one attached hydrogen (secondary N) is 1. The molecule has 1 N–H and O–H groups in total. The molecule has 2 heterocycles. The van der Waals surface area contributed by atoms with Crippen LogP contribution >= 0.6 is 0 Å². The van der Waals surface area contributed by atoms with E-state index in [1.165, 1.54) is 12.1 Å². The molecule has 1 aliphatic rings. The number of rotatable bonds is 3. The van der Waals surface area contributed by atoms with Gasteiger partial charge in [0.2, 0.25) is 0 Å². The molecule has 0 saturated carbocycles. The number of nitrogens with zero attached hydrogens (tertiary/aromatic N) is 3. The SMILES string of the molecule is Cc1nc(Nc2c(F)cccc2F)cc(C(=O)N2CCCC(C)C2)n1. The topological polar surface area (TPSA) is 58.1 Å². The van der Waals surface area contributed by atoms with Gasteiger partial charge in [-0.05, 0) is 37.8 Å². The minimum Gasteiger partial charge on any atom is -0.337 e. The summed E-state index contributed by atoms with van der Waals surface area (Å²) in [6.45, 7) is 5.13. The van der Waals surface area contributed by atoms with Crippen LogP contribution < -0.4 is 5.32 Å². The smallest absolute Gasteiger partial charge is 0.272 e. The van der Waals surface area contributed by atoms with Crippen LogP contribution in [0.1, 0.15) is 36.1 Å². The second-order valence-corrected chi connectivity index (χ2v) is 6.41. The number of aryl methyl sites for hydroxylation is 1. The number of piperidine rings is 1. The van der Waals surface area contributed by atoms with E-state index in [1.807, 2.05) is 0 Å². The summed E-state index contributed by atoms with van der Waals surface area (Å²) in [7, 11) is 0. The Morgan fingerprint density at radius 2 is 2.00 bits per heavy atom. The van der Waals surface area contributed by atoms with Gasteiger partial charge in [0.25, 0.3) is 5.91 Å². The maximum atomic E-state index is 13.8. The number of halogens is 2. The molecule has 3 rings (SSSR count). The first kappa shape index (κ1) is 17.3. The zero-order valence-corrected chi connectivity index (χ0v) is 14.2. The van der Waals surface area contributed by atoms with E-state index in [2.05, 4.69) is 22.2 Å². The number of anilines is 2. The zero-order chi connectivity index (χ0) is 18.0. The van der Waals surface area contributed by atoms with Gasteiger partial charge in [-0.25, -0.2) is 18.7 Å². The van der Waals surface area contributed by atoms with Gasteiger partial charge in [0.1, 0.15) is 34.7 Å².